The molecule has 2 rings (SSSR count). The van der Waals surface area contributed by atoms with Crippen LogP contribution in [0.5, 0.6) is 5.88 Å². The molecule has 0 saturated carbocycles. The maximum absolute atomic E-state index is 5.63. The van der Waals surface area contributed by atoms with Gasteiger partial charge in [0.15, 0.2) is 0 Å². The van der Waals surface area contributed by atoms with Crippen molar-refractivity contribution in [3.05, 3.63) is 18.1 Å². The van der Waals surface area contributed by atoms with E-state index in [2.05, 4.69) is 41.0 Å². The van der Waals surface area contributed by atoms with Crippen LogP contribution >= 0.6 is 0 Å². The van der Waals surface area contributed by atoms with Crippen LogP contribution in [0, 0.1) is 0 Å². The first kappa shape index (κ1) is 15.2. The molecule has 1 aromatic heterocycles. The average Bonchev–Trinajstić information content (AvgIpc) is 2.90. The molecular formula is C15H26N4O. The van der Waals surface area contributed by atoms with Gasteiger partial charge in [0, 0.05) is 18.6 Å². The molecule has 5 heteroatoms. The van der Waals surface area contributed by atoms with Gasteiger partial charge in [-0.3, -0.25) is 9.88 Å². The van der Waals surface area contributed by atoms with Gasteiger partial charge in [-0.2, -0.15) is 0 Å². The summed E-state index contributed by atoms with van der Waals surface area (Å²) in [5.74, 6) is 0.615. The van der Waals surface area contributed by atoms with Crippen LogP contribution in [-0.4, -0.2) is 46.6 Å². The summed E-state index contributed by atoms with van der Waals surface area (Å²) in [6, 6.07) is 0. The maximum atomic E-state index is 5.63. The summed E-state index contributed by atoms with van der Waals surface area (Å²) in [7, 11) is 0. The van der Waals surface area contributed by atoms with Gasteiger partial charge >= 0.3 is 0 Å². The second-order valence-electron chi connectivity index (χ2n) is 6.35. The molecule has 2 heterocycles. The number of nitrogens with zero attached hydrogens (tertiary/aromatic N) is 3. The van der Waals surface area contributed by atoms with E-state index < -0.39 is 0 Å². The van der Waals surface area contributed by atoms with Gasteiger partial charge in [0.1, 0.15) is 6.61 Å². The Bertz CT molecular complexity index is 393. The third-order valence-electron chi connectivity index (χ3n) is 3.34. The molecule has 5 nitrogen and oxygen atoms in total. The molecule has 1 saturated heterocycles. The van der Waals surface area contributed by atoms with Crippen molar-refractivity contribution in [2.45, 2.75) is 45.7 Å². The van der Waals surface area contributed by atoms with Gasteiger partial charge in [-0.1, -0.05) is 0 Å². The highest BCUT2D eigenvalue weighted by atomic mass is 16.5. The van der Waals surface area contributed by atoms with Gasteiger partial charge in [0.2, 0.25) is 5.88 Å². The van der Waals surface area contributed by atoms with Crippen LogP contribution in [0.3, 0.4) is 0 Å². The highest BCUT2D eigenvalue weighted by Crippen LogP contribution is 2.08. The van der Waals surface area contributed by atoms with Crippen LogP contribution in [0.25, 0.3) is 0 Å². The molecule has 1 N–H and O–H groups in total. The standard InChI is InChI=1S/C15H26N4O/c1-15(2,3)18-11-13-10-17-14(12-16-13)20-9-8-19-6-4-5-7-19/h10,12,18H,4-9,11H2,1-3H3. The van der Waals surface area contributed by atoms with Crippen LogP contribution in [0.4, 0.5) is 0 Å². The molecule has 0 atom stereocenters. The zero-order valence-electron chi connectivity index (χ0n) is 12.9. The third-order valence-corrected chi connectivity index (χ3v) is 3.34. The van der Waals surface area contributed by atoms with E-state index in [0.717, 1.165) is 18.8 Å². The lowest BCUT2D eigenvalue weighted by atomic mass is 10.1. The molecule has 112 valence electrons. The highest BCUT2D eigenvalue weighted by Gasteiger charge is 2.11. The normalized spacial score (nSPS) is 16.6. The van der Waals surface area contributed by atoms with Crippen molar-refractivity contribution in [2.24, 2.45) is 0 Å². The Hall–Kier alpha value is -1.20. The molecular weight excluding hydrogens is 252 g/mol. The van der Waals surface area contributed by atoms with Crippen molar-refractivity contribution in [3.8, 4) is 5.88 Å². The molecule has 20 heavy (non-hydrogen) atoms. The molecule has 1 aliphatic heterocycles. The van der Waals surface area contributed by atoms with E-state index in [-0.39, 0.29) is 5.54 Å². The summed E-state index contributed by atoms with van der Waals surface area (Å²) in [5, 5.41) is 3.39. The maximum Gasteiger partial charge on any atom is 0.232 e. The first-order chi connectivity index (χ1) is 9.53. The summed E-state index contributed by atoms with van der Waals surface area (Å²) in [4.78, 5) is 11.1. The minimum atomic E-state index is 0.0899. The number of aromatic nitrogens is 2. The molecule has 0 aromatic carbocycles. The Balaban J connectivity index is 1.70. The predicted octanol–water partition coefficient (Wildman–Crippen LogP) is 1.84. The lowest BCUT2D eigenvalue weighted by Crippen LogP contribution is -2.35. The van der Waals surface area contributed by atoms with Crippen molar-refractivity contribution in [1.82, 2.24) is 20.2 Å². The Morgan fingerprint density at radius 2 is 1.95 bits per heavy atom. The molecule has 1 aliphatic rings. The number of likely N-dealkylation sites (tertiary alicyclic amines) is 1. The van der Waals surface area contributed by atoms with E-state index in [1.807, 2.05) is 0 Å². The summed E-state index contributed by atoms with van der Waals surface area (Å²) in [6.45, 7) is 11.2. The van der Waals surface area contributed by atoms with Gasteiger partial charge in [0.05, 0.1) is 18.1 Å². The second kappa shape index (κ2) is 6.99. The number of hydrogen-bond acceptors (Lipinski definition) is 5. The predicted molar refractivity (Wildman–Crippen MR) is 79.8 cm³/mol. The summed E-state index contributed by atoms with van der Waals surface area (Å²) < 4.78 is 5.63. The topological polar surface area (TPSA) is 50.3 Å². The summed E-state index contributed by atoms with van der Waals surface area (Å²) in [5.41, 5.74) is 1.03. The number of nitrogens with one attached hydrogen (secondary N) is 1. The molecule has 0 aliphatic carbocycles. The largest absolute Gasteiger partial charge is 0.475 e. The zero-order chi connectivity index (χ0) is 14.4. The van der Waals surface area contributed by atoms with Gasteiger partial charge in [-0.05, 0) is 46.7 Å². The molecule has 1 fully saturated rings. The van der Waals surface area contributed by atoms with Crippen LogP contribution in [-0.2, 0) is 6.54 Å². The van der Waals surface area contributed by atoms with E-state index in [9.17, 15) is 0 Å². The summed E-state index contributed by atoms with van der Waals surface area (Å²) >= 11 is 0. The van der Waals surface area contributed by atoms with E-state index in [1.165, 1.54) is 25.9 Å². The Morgan fingerprint density at radius 3 is 2.55 bits per heavy atom. The van der Waals surface area contributed by atoms with Crippen LogP contribution < -0.4 is 10.1 Å². The third kappa shape index (κ3) is 5.43. The first-order valence-corrected chi connectivity index (χ1v) is 7.44. The fourth-order valence-electron chi connectivity index (χ4n) is 2.15. The van der Waals surface area contributed by atoms with Gasteiger partial charge < -0.3 is 10.1 Å². The molecule has 0 unspecified atom stereocenters. The van der Waals surface area contributed by atoms with E-state index in [4.69, 9.17) is 4.74 Å². The lowest BCUT2D eigenvalue weighted by Gasteiger charge is -2.20. The van der Waals surface area contributed by atoms with Crippen molar-refractivity contribution in [1.29, 1.82) is 0 Å². The van der Waals surface area contributed by atoms with Crippen LogP contribution in [0.1, 0.15) is 39.3 Å². The summed E-state index contributed by atoms with van der Waals surface area (Å²) in [6.07, 6.45) is 6.12. The van der Waals surface area contributed by atoms with Crippen LogP contribution in [0.2, 0.25) is 0 Å². The minimum absolute atomic E-state index is 0.0899. The molecule has 0 bridgehead atoms. The van der Waals surface area contributed by atoms with Crippen molar-refractivity contribution in [2.75, 3.05) is 26.2 Å². The van der Waals surface area contributed by atoms with Crippen molar-refractivity contribution < 1.29 is 4.74 Å². The average molecular weight is 278 g/mol. The quantitative estimate of drug-likeness (QED) is 0.860. The van der Waals surface area contributed by atoms with E-state index in [0.29, 0.717) is 12.5 Å². The molecule has 0 radical (unpaired) electrons. The van der Waals surface area contributed by atoms with Gasteiger partial charge in [0.25, 0.3) is 0 Å². The smallest absolute Gasteiger partial charge is 0.232 e. The highest BCUT2D eigenvalue weighted by molar-refractivity contribution is 5.07. The SMILES string of the molecule is CC(C)(C)NCc1cnc(OCCN2CCCC2)cn1. The lowest BCUT2D eigenvalue weighted by molar-refractivity contribution is 0.231. The van der Waals surface area contributed by atoms with E-state index in [1.54, 1.807) is 12.4 Å². The van der Waals surface area contributed by atoms with Gasteiger partial charge in [-0.15, -0.1) is 0 Å². The monoisotopic (exact) mass is 278 g/mol. The zero-order valence-corrected chi connectivity index (χ0v) is 12.9. The molecule has 0 spiro atoms. The van der Waals surface area contributed by atoms with E-state index >= 15 is 0 Å². The fourth-order valence-corrected chi connectivity index (χ4v) is 2.15. The van der Waals surface area contributed by atoms with Crippen molar-refractivity contribution >= 4 is 0 Å². The Morgan fingerprint density at radius 1 is 1.20 bits per heavy atom. The number of hydrogen-bond donors (Lipinski definition) is 1. The second-order valence-corrected chi connectivity index (χ2v) is 6.35. The number of ether oxygens (including phenoxy) is 1. The van der Waals surface area contributed by atoms with Crippen molar-refractivity contribution in [3.63, 3.8) is 0 Å². The molecule has 0 amide bonds. The Labute approximate surface area is 121 Å². The van der Waals surface area contributed by atoms with Crippen LogP contribution in [0.15, 0.2) is 12.4 Å². The fraction of sp³-hybridized carbons (Fsp3) is 0.733. The number of rotatable bonds is 6. The first-order valence-electron chi connectivity index (χ1n) is 7.44. The molecule has 1 aromatic rings. The Kier molecular flexibility index (Phi) is 5.31. The minimum Gasteiger partial charge on any atom is -0.475 e. The van der Waals surface area contributed by atoms with Gasteiger partial charge in [-0.25, -0.2) is 4.98 Å².